The SMILES string of the molecule is CC(=O)OCC1O[C@@H]1c1ccccc1C. The first-order valence-corrected chi connectivity index (χ1v) is 5.03. The highest BCUT2D eigenvalue weighted by atomic mass is 16.6. The first-order valence-electron chi connectivity index (χ1n) is 5.03. The Hall–Kier alpha value is -1.35. The van der Waals surface area contributed by atoms with E-state index in [2.05, 4.69) is 13.0 Å². The lowest BCUT2D eigenvalue weighted by Crippen LogP contribution is -2.06. The van der Waals surface area contributed by atoms with Crippen LogP contribution in [0.5, 0.6) is 0 Å². The molecule has 2 atom stereocenters. The minimum absolute atomic E-state index is 0.0370. The monoisotopic (exact) mass is 206 g/mol. The van der Waals surface area contributed by atoms with Gasteiger partial charge < -0.3 is 9.47 Å². The van der Waals surface area contributed by atoms with Crippen LogP contribution in [0.2, 0.25) is 0 Å². The van der Waals surface area contributed by atoms with Crippen molar-refractivity contribution in [3.63, 3.8) is 0 Å². The summed E-state index contributed by atoms with van der Waals surface area (Å²) < 4.78 is 10.4. The summed E-state index contributed by atoms with van der Waals surface area (Å²) in [6.07, 6.45) is 0.139. The maximum Gasteiger partial charge on any atom is 0.302 e. The maximum absolute atomic E-state index is 10.6. The van der Waals surface area contributed by atoms with E-state index >= 15 is 0 Å². The van der Waals surface area contributed by atoms with Crippen molar-refractivity contribution in [2.24, 2.45) is 0 Å². The third kappa shape index (κ3) is 2.36. The molecule has 1 aliphatic heterocycles. The van der Waals surface area contributed by atoms with Crippen LogP contribution < -0.4 is 0 Å². The van der Waals surface area contributed by atoms with Crippen LogP contribution in [0.15, 0.2) is 24.3 Å². The van der Waals surface area contributed by atoms with Crippen molar-refractivity contribution < 1.29 is 14.3 Å². The second-order valence-corrected chi connectivity index (χ2v) is 3.75. The number of esters is 1. The number of hydrogen-bond donors (Lipinski definition) is 0. The molecule has 1 aliphatic rings. The van der Waals surface area contributed by atoms with Gasteiger partial charge in [0.2, 0.25) is 0 Å². The van der Waals surface area contributed by atoms with Crippen molar-refractivity contribution in [1.29, 1.82) is 0 Å². The number of carbonyl (C=O) groups is 1. The normalized spacial score (nSPS) is 23.6. The average molecular weight is 206 g/mol. The Labute approximate surface area is 89.0 Å². The van der Waals surface area contributed by atoms with E-state index in [4.69, 9.17) is 9.47 Å². The summed E-state index contributed by atoms with van der Waals surface area (Å²) in [5, 5.41) is 0. The quantitative estimate of drug-likeness (QED) is 0.561. The molecule has 0 saturated carbocycles. The van der Waals surface area contributed by atoms with E-state index in [1.165, 1.54) is 18.1 Å². The van der Waals surface area contributed by atoms with Crippen molar-refractivity contribution in [3.8, 4) is 0 Å². The van der Waals surface area contributed by atoms with Gasteiger partial charge in [-0.15, -0.1) is 0 Å². The van der Waals surface area contributed by atoms with E-state index < -0.39 is 0 Å². The highest BCUT2D eigenvalue weighted by molar-refractivity contribution is 5.65. The molecule has 1 aromatic carbocycles. The molecule has 1 unspecified atom stereocenters. The van der Waals surface area contributed by atoms with Crippen LogP contribution in [0.4, 0.5) is 0 Å². The Morgan fingerprint density at radius 1 is 1.47 bits per heavy atom. The molecule has 2 rings (SSSR count). The lowest BCUT2D eigenvalue weighted by atomic mass is 10.0. The summed E-state index contributed by atoms with van der Waals surface area (Å²) in [4.78, 5) is 10.6. The molecule has 3 heteroatoms. The molecule has 15 heavy (non-hydrogen) atoms. The van der Waals surface area contributed by atoms with Crippen LogP contribution >= 0.6 is 0 Å². The minimum atomic E-state index is -0.256. The Morgan fingerprint density at radius 2 is 2.20 bits per heavy atom. The van der Waals surface area contributed by atoms with E-state index in [1.54, 1.807) is 0 Å². The van der Waals surface area contributed by atoms with Crippen LogP contribution in [0.25, 0.3) is 0 Å². The van der Waals surface area contributed by atoms with Crippen LogP contribution in [-0.4, -0.2) is 18.7 Å². The van der Waals surface area contributed by atoms with E-state index in [0.717, 1.165) is 0 Å². The zero-order valence-corrected chi connectivity index (χ0v) is 8.90. The number of rotatable bonds is 3. The van der Waals surface area contributed by atoms with Gasteiger partial charge in [0.05, 0.1) is 0 Å². The van der Waals surface area contributed by atoms with Gasteiger partial charge in [-0.3, -0.25) is 4.79 Å². The molecular formula is C12H14O3. The maximum atomic E-state index is 10.6. The lowest BCUT2D eigenvalue weighted by Gasteiger charge is -2.01. The van der Waals surface area contributed by atoms with Crippen molar-refractivity contribution in [3.05, 3.63) is 35.4 Å². The molecule has 0 bridgehead atoms. The fourth-order valence-corrected chi connectivity index (χ4v) is 1.65. The van der Waals surface area contributed by atoms with Crippen LogP contribution in [0.1, 0.15) is 24.2 Å². The number of hydrogen-bond acceptors (Lipinski definition) is 3. The van der Waals surface area contributed by atoms with E-state index in [0.29, 0.717) is 6.61 Å². The van der Waals surface area contributed by atoms with E-state index in [1.807, 2.05) is 18.2 Å². The molecule has 1 fully saturated rings. The number of carbonyl (C=O) groups excluding carboxylic acids is 1. The number of epoxide rings is 1. The Bertz CT molecular complexity index is 373. The average Bonchev–Trinajstić information content (AvgIpc) is 2.95. The van der Waals surface area contributed by atoms with Gasteiger partial charge in [0.1, 0.15) is 18.8 Å². The first kappa shape index (κ1) is 10.2. The summed E-state index contributed by atoms with van der Waals surface area (Å²) in [5.41, 5.74) is 2.41. The van der Waals surface area contributed by atoms with Crippen LogP contribution in [0, 0.1) is 6.92 Å². The van der Waals surface area contributed by atoms with E-state index in [-0.39, 0.29) is 18.2 Å². The molecule has 0 amide bonds. The standard InChI is InChI=1S/C12H14O3/c1-8-5-3-4-6-10(8)12-11(15-12)7-14-9(2)13/h3-6,11-12H,7H2,1-2H3/t11?,12-/m1/s1. The van der Waals surface area contributed by atoms with Crippen LogP contribution in [0.3, 0.4) is 0 Å². The molecule has 80 valence electrons. The number of aryl methyl sites for hydroxylation is 1. The smallest absolute Gasteiger partial charge is 0.302 e. The molecule has 1 saturated heterocycles. The topological polar surface area (TPSA) is 38.8 Å². The van der Waals surface area contributed by atoms with Gasteiger partial charge in [-0.05, 0) is 18.1 Å². The Kier molecular flexibility index (Phi) is 2.73. The van der Waals surface area contributed by atoms with Gasteiger partial charge in [0.25, 0.3) is 0 Å². The van der Waals surface area contributed by atoms with Crippen molar-refractivity contribution in [2.45, 2.75) is 26.1 Å². The predicted molar refractivity (Wildman–Crippen MR) is 55.4 cm³/mol. The van der Waals surface area contributed by atoms with Gasteiger partial charge in [-0.25, -0.2) is 0 Å². The molecule has 0 aromatic heterocycles. The van der Waals surface area contributed by atoms with E-state index in [9.17, 15) is 4.79 Å². The second kappa shape index (κ2) is 4.03. The second-order valence-electron chi connectivity index (χ2n) is 3.75. The van der Waals surface area contributed by atoms with Gasteiger partial charge >= 0.3 is 5.97 Å². The first-order chi connectivity index (χ1) is 7.18. The van der Waals surface area contributed by atoms with Crippen molar-refractivity contribution in [2.75, 3.05) is 6.61 Å². The highest BCUT2D eigenvalue weighted by Gasteiger charge is 2.41. The third-order valence-electron chi connectivity index (χ3n) is 2.53. The molecule has 0 aliphatic carbocycles. The summed E-state index contributed by atoms with van der Waals surface area (Å²) >= 11 is 0. The zero-order valence-electron chi connectivity index (χ0n) is 8.90. The highest BCUT2D eigenvalue weighted by Crippen LogP contribution is 2.40. The summed E-state index contributed by atoms with van der Waals surface area (Å²) in [6.45, 7) is 3.82. The Morgan fingerprint density at radius 3 is 2.87 bits per heavy atom. The minimum Gasteiger partial charge on any atom is -0.463 e. The predicted octanol–water partition coefficient (Wildman–Crippen LogP) is 2.00. The fraction of sp³-hybridized carbons (Fsp3) is 0.417. The molecule has 3 nitrogen and oxygen atoms in total. The lowest BCUT2D eigenvalue weighted by molar-refractivity contribution is -0.141. The van der Waals surface area contributed by atoms with Crippen LogP contribution in [-0.2, 0) is 14.3 Å². The summed E-state index contributed by atoms with van der Waals surface area (Å²) in [6, 6.07) is 8.10. The van der Waals surface area contributed by atoms with Gasteiger partial charge in [0.15, 0.2) is 0 Å². The Balaban J connectivity index is 1.93. The van der Waals surface area contributed by atoms with Crippen molar-refractivity contribution >= 4 is 5.97 Å². The van der Waals surface area contributed by atoms with Gasteiger partial charge in [-0.2, -0.15) is 0 Å². The fourth-order valence-electron chi connectivity index (χ4n) is 1.65. The van der Waals surface area contributed by atoms with Crippen molar-refractivity contribution in [1.82, 2.24) is 0 Å². The van der Waals surface area contributed by atoms with Gasteiger partial charge in [0, 0.05) is 6.92 Å². The molecule has 1 aromatic rings. The zero-order chi connectivity index (χ0) is 10.8. The number of benzene rings is 1. The number of ether oxygens (including phenoxy) is 2. The molecule has 0 spiro atoms. The molecule has 0 N–H and O–H groups in total. The summed E-state index contributed by atoms with van der Waals surface area (Å²) in [5.74, 6) is -0.256. The van der Waals surface area contributed by atoms with Gasteiger partial charge in [-0.1, -0.05) is 24.3 Å². The summed E-state index contributed by atoms with van der Waals surface area (Å²) in [7, 11) is 0. The third-order valence-corrected chi connectivity index (χ3v) is 2.53. The molecule has 1 heterocycles. The largest absolute Gasteiger partial charge is 0.463 e. The molecular weight excluding hydrogens is 192 g/mol. The molecule has 0 radical (unpaired) electrons.